The number of piperidine rings is 1. The average molecular weight is 430 g/mol. The highest BCUT2D eigenvalue weighted by molar-refractivity contribution is 7.89. The van der Waals surface area contributed by atoms with Crippen molar-refractivity contribution in [2.24, 2.45) is 5.92 Å². The molecule has 0 bridgehead atoms. The Hall–Kier alpha value is -2.22. The summed E-state index contributed by atoms with van der Waals surface area (Å²) in [5, 5.41) is 2.91. The molecule has 1 saturated heterocycles. The van der Waals surface area contributed by atoms with E-state index in [1.807, 2.05) is 30.3 Å². The standard InChI is InChI=1S/C23H31N3O3S/c1-19-8-6-14-26(18-19)15-7-13-24-23(27)21-11-5-12-22(16-21)30(28,29)25-17-20-9-3-2-4-10-20/h2-5,9-12,16,19,25H,6-8,13-15,17-18H2,1H3,(H,24,27). The van der Waals surface area contributed by atoms with Crippen LogP contribution in [0, 0.1) is 5.92 Å². The lowest BCUT2D eigenvalue weighted by atomic mass is 10.0. The minimum Gasteiger partial charge on any atom is -0.352 e. The SMILES string of the molecule is CC1CCCN(CCCNC(=O)c2cccc(S(=O)(=O)NCc3ccccc3)c2)C1. The zero-order valence-electron chi connectivity index (χ0n) is 17.5. The van der Waals surface area contributed by atoms with Gasteiger partial charge in [0.25, 0.3) is 5.91 Å². The smallest absolute Gasteiger partial charge is 0.251 e. The van der Waals surface area contributed by atoms with E-state index in [0.29, 0.717) is 12.1 Å². The molecule has 0 spiro atoms. The quantitative estimate of drug-likeness (QED) is 0.601. The van der Waals surface area contributed by atoms with E-state index in [0.717, 1.165) is 37.5 Å². The van der Waals surface area contributed by atoms with E-state index < -0.39 is 10.0 Å². The molecule has 0 aliphatic carbocycles. The van der Waals surface area contributed by atoms with Gasteiger partial charge in [0.1, 0.15) is 0 Å². The fourth-order valence-corrected chi connectivity index (χ4v) is 4.82. The Balaban J connectivity index is 1.50. The minimum atomic E-state index is -3.70. The number of hydrogen-bond acceptors (Lipinski definition) is 4. The second-order valence-corrected chi connectivity index (χ2v) is 9.76. The fourth-order valence-electron chi connectivity index (χ4n) is 3.76. The molecule has 0 aromatic heterocycles. The van der Waals surface area contributed by atoms with Gasteiger partial charge in [-0.05, 0) is 62.0 Å². The van der Waals surface area contributed by atoms with Crippen molar-refractivity contribution >= 4 is 15.9 Å². The van der Waals surface area contributed by atoms with Gasteiger partial charge in [-0.3, -0.25) is 4.79 Å². The van der Waals surface area contributed by atoms with E-state index in [2.05, 4.69) is 21.9 Å². The summed E-state index contributed by atoms with van der Waals surface area (Å²) >= 11 is 0. The predicted molar refractivity (Wildman–Crippen MR) is 119 cm³/mol. The Kier molecular flexibility index (Phi) is 8.01. The maximum absolute atomic E-state index is 12.6. The van der Waals surface area contributed by atoms with E-state index in [-0.39, 0.29) is 17.3 Å². The third-order valence-corrected chi connectivity index (χ3v) is 6.79. The number of nitrogens with zero attached hydrogens (tertiary/aromatic N) is 1. The molecule has 2 N–H and O–H groups in total. The molecule has 7 heteroatoms. The maximum atomic E-state index is 12.6. The largest absolute Gasteiger partial charge is 0.352 e. The zero-order chi connectivity index (χ0) is 21.4. The van der Waals surface area contributed by atoms with Crippen LogP contribution >= 0.6 is 0 Å². The van der Waals surface area contributed by atoms with Crippen LogP contribution in [0.5, 0.6) is 0 Å². The van der Waals surface area contributed by atoms with E-state index in [1.165, 1.54) is 25.0 Å². The van der Waals surface area contributed by atoms with Crippen molar-refractivity contribution in [2.75, 3.05) is 26.2 Å². The first-order chi connectivity index (χ1) is 14.4. The molecule has 3 rings (SSSR count). The second kappa shape index (κ2) is 10.7. The first-order valence-corrected chi connectivity index (χ1v) is 12.1. The van der Waals surface area contributed by atoms with E-state index in [9.17, 15) is 13.2 Å². The summed E-state index contributed by atoms with van der Waals surface area (Å²) in [6.45, 7) is 6.30. The highest BCUT2D eigenvalue weighted by Crippen LogP contribution is 2.15. The van der Waals surface area contributed by atoms with Gasteiger partial charge in [0, 0.05) is 25.2 Å². The summed E-state index contributed by atoms with van der Waals surface area (Å²) in [4.78, 5) is 15.0. The Morgan fingerprint density at radius 1 is 1.13 bits per heavy atom. The van der Waals surface area contributed by atoms with Crippen molar-refractivity contribution in [2.45, 2.75) is 37.6 Å². The Morgan fingerprint density at radius 3 is 2.70 bits per heavy atom. The van der Waals surface area contributed by atoms with Gasteiger partial charge in [0.15, 0.2) is 0 Å². The van der Waals surface area contributed by atoms with Crippen molar-refractivity contribution in [3.8, 4) is 0 Å². The normalized spacial score (nSPS) is 17.6. The van der Waals surface area contributed by atoms with Crippen LogP contribution in [0.1, 0.15) is 42.1 Å². The van der Waals surface area contributed by atoms with Gasteiger partial charge in [-0.25, -0.2) is 13.1 Å². The fraction of sp³-hybridized carbons (Fsp3) is 0.435. The third-order valence-electron chi connectivity index (χ3n) is 5.39. The summed E-state index contributed by atoms with van der Waals surface area (Å²) in [6.07, 6.45) is 3.43. The van der Waals surface area contributed by atoms with Crippen LogP contribution in [0.15, 0.2) is 59.5 Å². The molecule has 2 aromatic carbocycles. The Morgan fingerprint density at radius 2 is 1.93 bits per heavy atom. The number of amides is 1. The van der Waals surface area contributed by atoms with E-state index in [1.54, 1.807) is 12.1 Å². The molecule has 1 aliphatic heterocycles. The summed E-state index contributed by atoms with van der Waals surface area (Å²) in [5.74, 6) is 0.496. The zero-order valence-corrected chi connectivity index (χ0v) is 18.3. The number of likely N-dealkylation sites (tertiary alicyclic amines) is 1. The molecular weight excluding hydrogens is 398 g/mol. The van der Waals surface area contributed by atoms with Crippen LogP contribution in [0.3, 0.4) is 0 Å². The molecule has 1 fully saturated rings. The maximum Gasteiger partial charge on any atom is 0.251 e. The molecule has 30 heavy (non-hydrogen) atoms. The average Bonchev–Trinajstić information content (AvgIpc) is 2.76. The Labute approximate surface area is 179 Å². The molecule has 2 aromatic rings. The molecule has 1 amide bonds. The molecule has 6 nitrogen and oxygen atoms in total. The number of carbonyl (C=O) groups is 1. The third kappa shape index (κ3) is 6.65. The van der Waals surface area contributed by atoms with Crippen LogP contribution < -0.4 is 10.0 Å². The van der Waals surface area contributed by atoms with Gasteiger partial charge < -0.3 is 10.2 Å². The first kappa shape index (κ1) is 22.5. The van der Waals surface area contributed by atoms with Crippen LogP contribution in [0.25, 0.3) is 0 Å². The molecule has 1 aliphatic rings. The number of sulfonamides is 1. The van der Waals surface area contributed by atoms with Gasteiger partial charge in [0.2, 0.25) is 10.0 Å². The first-order valence-electron chi connectivity index (χ1n) is 10.6. The van der Waals surface area contributed by atoms with Crippen molar-refractivity contribution in [3.05, 3.63) is 65.7 Å². The van der Waals surface area contributed by atoms with E-state index in [4.69, 9.17) is 0 Å². The molecular formula is C23H31N3O3S. The van der Waals surface area contributed by atoms with Crippen LogP contribution in [0.2, 0.25) is 0 Å². The number of nitrogens with one attached hydrogen (secondary N) is 2. The van der Waals surface area contributed by atoms with Gasteiger partial charge in [-0.15, -0.1) is 0 Å². The van der Waals surface area contributed by atoms with Crippen LogP contribution in [-0.4, -0.2) is 45.4 Å². The summed E-state index contributed by atoms with van der Waals surface area (Å²) in [7, 11) is -3.70. The number of carbonyl (C=O) groups excluding carboxylic acids is 1. The molecule has 162 valence electrons. The molecule has 1 heterocycles. The highest BCUT2D eigenvalue weighted by atomic mass is 32.2. The van der Waals surface area contributed by atoms with Gasteiger partial charge in [-0.1, -0.05) is 43.3 Å². The topological polar surface area (TPSA) is 78.5 Å². The lowest BCUT2D eigenvalue weighted by Gasteiger charge is -2.30. The molecule has 0 radical (unpaired) electrons. The predicted octanol–water partition coefficient (Wildman–Crippen LogP) is 3.02. The Bertz CT molecular complexity index is 932. The van der Waals surface area contributed by atoms with Crippen LogP contribution in [-0.2, 0) is 16.6 Å². The van der Waals surface area contributed by atoms with Gasteiger partial charge in [0.05, 0.1) is 4.90 Å². The van der Waals surface area contributed by atoms with Gasteiger partial charge in [-0.2, -0.15) is 0 Å². The monoisotopic (exact) mass is 429 g/mol. The number of benzene rings is 2. The molecule has 1 unspecified atom stereocenters. The lowest BCUT2D eigenvalue weighted by Crippen LogP contribution is -2.36. The minimum absolute atomic E-state index is 0.0911. The summed E-state index contributed by atoms with van der Waals surface area (Å²) in [6, 6.07) is 15.5. The second-order valence-electron chi connectivity index (χ2n) is 8.00. The highest BCUT2D eigenvalue weighted by Gasteiger charge is 2.17. The molecule has 1 atom stereocenters. The lowest BCUT2D eigenvalue weighted by molar-refractivity contribution is 0.0950. The van der Waals surface area contributed by atoms with Crippen molar-refractivity contribution in [3.63, 3.8) is 0 Å². The summed E-state index contributed by atoms with van der Waals surface area (Å²) < 4.78 is 27.8. The van der Waals surface area contributed by atoms with Gasteiger partial charge >= 0.3 is 0 Å². The van der Waals surface area contributed by atoms with Crippen LogP contribution in [0.4, 0.5) is 0 Å². The number of hydrogen-bond donors (Lipinski definition) is 2. The van der Waals surface area contributed by atoms with E-state index >= 15 is 0 Å². The van der Waals surface area contributed by atoms with Crippen molar-refractivity contribution in [1.82, 2.24) is 14.9 Å². The summed E-state index contributed by atoms with van der Waals surface area (Å²) in [5.41, 5.74) is 1.22. The van der Waals surface area contributed by atoms with Crippen molar-refractivity contribution in [1.29, 1.82) is 0 Å². The number of rotatable bonds is 9. The molecule has 0 saturated carbocycles. The van der Waals surface area contributed by atoms with Crippen molar-refractivity contribution < 1.29 is 13.2 Å².